The lowest BCUT2D eigenvalue weighted by Crippen LogP contribution is -2.47. The van der Waals surface area contributed by atoms with Crippen molar-refractivity contribution in [3.05, 3.63) is 83.9 Å². The number of aliphatic hydroxyl groups excluding tert-OH is 1. The van der Waals surface area contributed by atoms with E-state index in [1.165, 1.54) is 24.5 Å². The van der Waals surface area contributed by atoms with Crippen molar-refractivity contribution in [2.24, 2.45) is 5.92 Å². The van der Waals surface area contributed by atoms with E-state index in [-0.39, 0.29) is 48.8 Å². The molecule has 1 amide bonds. The fourth-order valence-electron chi connectivity index (χ4n) is 4.90. The number of likely N-dealkylation sites (N-methyl/N-ethyl adjacent to an activating group) is 1. The van der Waals surface area contributed by atoms with Crippen molar-refractivity contribution in [1.82, 2.24) is 9.21 Å². The minimum atomic E-state index is -3.89. The maximum atomic E-state index is 13.9. The first-order chi connectivity index (χ1) is 18.7. The van der Waals surface area contributed by atoms with Crippen molar-refractivity contribution in [2.45, 2.75) is 37.5 Å². The summed E-state index contributed by atoms with van der Waals surface area (Å²) in [7, 11) is -0.933. The summed E-state index contributed by atoms with van der Waals surface area (Å²) in [5.41, 5.74) is 3.11. The molecule has 3 atom stereocenters. The molecule has 0 bridgehead atoms. The number of rotatable bonds is 7. The molecule has 1 aliphatic heterocycles. The Morgan fingerprint density at radius 3 is 2.33 bits per heavy atom. The topological polar surface area (TPSA) is 96.4 Å². The maximum absolute atomic E-state index is 13.9. The fourth-order valence-corrected chi connectivity index (χ4v) is 6.24. The van der Waals surface area contributed by atoms with Gasteiger partial charge in [-0.3, -0.25) is 4.79 Å². The summed E-state index contributed by atoms with van der Waals surface area (Å²) in [6, 6.07) is 21.3. The lowest BCUT2D eigenvalue weighted by Gasteiger charge is -2.35. The van der Waals surface area contributed by atoms with Gasteiger partial charge in [0.15, 0.2) is 0 Å². The lowest BCUT2D eigenvalue weighted by molar-refractivity contribution is -0.0146. The zero-order valence-corrected chi connectivity index (χ0v) is 23.6. The molecule has 1 aliphatic rings. The van der Waals surface area contributed by atoms with E-state index in [4.69, 9.17) is 9.47 Å². The van der Waals surface area contributed by atoms with Gasteiger partial charge in [-0.15, -0.1) is 0 Å². The number of nitrogens with zero attached hydrogens (tertiary/aromatic N) is 2. The summed E-state index contributed by atoms with van der Waals surface area (Å²) in [6.07, 6.45) is -0.546. The Bertz CT molecular complexity index is 1410. The second kappa shape index (κ2) is 12.3. The number of hydrogen-bond acceptors (Lipinski definition) is 6. The quantitative estimate of drug-likeness (QED) is 0.475. The molecule has 9 heteroatoms. The smallest absolute Gasteiger partial charge is 0.254 e. The predicted molar refractivity (Wildman–Crippen MR) is 150 cm³/mol. The maximum Gasteiger partial charge on any atom is 0.254 e. The number of hydrogen-bond donors (Lipinski definition) is 1. The van der Waals surface area contributed by atoms with Gasteiger partial charge < -0.3 is 19.5 Å². The Balaban J connectivity index is 1.74. The second-order valence-corrected chi connectivity index (χ2v) is 12.0. The minimum Gasteiger partial charge on any atom is -0.495 e. The highest BCUT2D eigenvalue weighted by Crippen LogP contribution is 2.32. The van der Waals surface area contributed by atoms with Gasteiger partial charge in [0.1, 0.15) is 10.6 Å². The molecule has 3 aromatic rings. The van der Waals surface area contributed by atoms with Crippen molar-refractivity contribution >= 4 is 15.9 Å². The number of benzene rings is 3. The van der Waals surface area contributed by atoms with Crippen LogP contribution < -0.4 is 4.74 Å². The number of carbonyl (C=O) groups excluding carboxylic acids is 1. The molecule has 1 heterocycles. The molecule has 0 fully saturated rings. The molecule has 0 spiro atoms. The number of carbonyl (C=O) groups is 1. The van der Waals surface area contributed by atoms with Gasteiger partial charge >= 0.3 is 0 Å². The molecule has 0 saturated carbocycles. The van der Waals surface area contributed by atoms with Crippen LogP contribution in [0.3, 0.4) is 0 Å². The highest BCUT2D eigenvalue weighted by atomic mass is 32.2. The SMILES string of the molecule is COc1ccccc1S(=O)(=O)N(C)C[C@@H]1OCc2ccccc2-c2ccccc2C(=O)N([C@H](C)CO)C[C@@H]1C. The third-order valence-corrected chi connectivity index (χ3v) is 9.15. The van der Waals surface area contributed by atoms with Crippen LogP contribution in [0.25, 0.3) is 11.1 Å². The molecule has 4 rings (SSSR count). The number of methoxy groups -OCH3 is 1. The van der Waals surface area contributed by atoms with Crippen molar-refractivity contribution < 1.29 is 27.8 Å². The zero-order chi connectivity index (χ0) is 28.2. The molecule has 3 aromatic carbocycles. The molecular weight excluding hydrogens is 516 g/mol. The first-order valence-electron chi connectivity index (χ1n) is 13.0. The van der Waals surface area contributed by atoms with Crippen LogP contribution in [-0.4, -0.2) is 74.6 Å². The van der Waals surface area contributed by atoms with Crippen LogP contribution in [0.1, 0.15) is 29.8 Å². The van der Waals surface area contributed by atoms with Crippen molar-refractivity contribution in [2.75, 3.05) is 33.9 Å². The number of ether oxygens (including phenoxy) is 2. The number of aliphatic hydroxyl groups is 1. The van der Waals surface area contributed by atoms with Crippen LogP contribution in [0.4, 0.5) is 0 Å². The molecular formula is C30H36N2O6S. The van der Waals surface area contributed by atoms with Gasteiger partial charge in [-0.05, 0) is 41.8 Å². The largest absolute Gasteiger partial charge is 0.495 e. The third kappa shape index (κ3) is 6.01. The van der Waals surface area contributed by atoms with Gasteiger partial charge in [-0.2, -0.15) is 4.31 Å². The Kier molecular flexibility index (Phi) is 9.07. The van der Waals surface area contributed by atoms with Crippen LogP contribution in [0.5, 0.6) is 5.75 Å². The van der Waals surface area contributed by atoms with E-state index in [9.17, 15) is 18.3 Å². The number of para-hydroxylation sites is 1. The van der Waals surface area contributed by atoms with Gasteiger partial charge in [-0.1, -0.05) is 61.5 Å². The average molecular weight is 553 g/mol. The highest BCUT2D eigenvalue weighted by Gasteiger charge is 2.33. The molecule has 1 N–H and O–H groups in total. The summed E-state index contributed by atoms with van der Waals surface area (Å²) in [5.74, 6) is -0.180. The molecule has 8 nitrogen and oxygen atoms in total. The van der Waals surface area contributed by atoms with Crippen LogP contribution in [0.15, 0.2) is 77.7 Å². The van der Waals surface area contributed by atoms with Gasteiger partial charge in [0.25, 0.3) is 5.91 Å². The summed E-state index contributed by atoms with van der Waals surface area (Å²) >= 11 is 0. The summed E-state index contributed by atoms with van der Waals surface area (Å²) in [4.78, 5) is 15.7. The van der Waals surface area contributed by atoms with Crippen LogP contribution in [-0.2, 0) is 21.4 Å². The van der Waals surface area contributed by atoms with Gasteiger partial charge in [0.05, 0.1) is 32.5 Å². The fraction of sp³-hybridized carbons (Fsp3) is 0.367. The zero-order valence-electron chi connectivity index (χ0n) is 22.8. The van der Waals surface area contributed by atoms with E-state index in [0.29, 0.717) is 5.56 Å². The lowest BCUT2D eigenvalue weighted by atomic mass is 9.94. The van der Waals surface area contributed by atoms with Crippen LogP contribution in [0, 0.1) is 5.92 Å². The Labute approximate surface area is 230 Å². The average Bonchev–Trinajstić information content (AvgIpc) is 2.98. The third-order valence-electron chi connectivity index (χ3n) is 7.29. The van der Waals surface area contributed by atoms with Crippen LogP contribution in [0.2, 0.25) is 0 Å². The van der Waals surface area contributed by atoms with E-state index in [1.807, 2.05) is 49.4 Å². The monoisotopic (exact) mass is 552 g/mol. The van der Waals surface area contributed by atoms with E-state index in [1.54, 1.807) is 36.1 Å². The normalized spacial score (nSPS) is 19.1. The van der Waals surface area contributed by atoms with Crippen molar-refractivity contribution in [3.63, 3.8) is 0 Å². The minimum absolute atomic E-state index is 0.0617. The highest BCUT2D eigenvalue weighted by molar-refractivity contribution is 7.89. The summed E-state index contributed by atoms with van der Waals surface area (Å²) in [5, 5.41) is 10.0. The van der Waals surface area contributed by atoms with Gasteiger partial charge in [-0.25, -0.2) is 8.42 Å². The molecule has 0 unspecified atom stereocenters. The molecule has 0 radical (unpaired) electrons. The van der Waals surface area contributed by atoms with E-state index in [2.05, 4.69) is 0 Å². The number of fused-ring (bicyclic) bond motifs is 3. The Morgan fingerprint density at radius 2 is 1.64 bits per heavy atom. The van der Waals surface area contributed by atoms with E-state index in [0.717, 1.165) is 16.7 Å². The molecule has 208 valence electrons. The first kappa shape index (κ1) is 28.8. The van der Waals surface area contributed by atoms with Crippen LogP contribution >= 0.6 is 0 Å². The number of sulfonamides is 1. The predicted octanol–water partition coefficient (Wildman–Crippen LogP) is 4.04. The van der Waals surface area contributed by atoms with E-state index < -0.39 is 22.2 Å². The Morgan fingerprint density at radius 1 is 1.03 bits per heavy atom. The molecule has 0 aliphatic carbocycles. The molecule has 0 saturated heterocycles. The first-order valence-corrected chi connectivity index (χ1v) is 14.4. The molecule has 39 heavy (non-hydrogen) atoms. The Hall–Kier alpha value is -3.24. The van der Waals surface area contributed by atoms with Crippen molar-refractivity contribution in [3.8, 4) is 16.9 Å². The summed E-state index contributed by atoms with van der Waals surface area (Å²) < 4.78 is 40.1. The van der Waals surface area contributed by atoms with E-state index >= 15 is 0 Å². The standard InChI is InChI=1S/C30H36N2O6S/c1-21-17-32(22(2)19-33)30(34)26-14-8-7-13-25(26)24-12-6-5-11-23(24)20-38-28(21)18-31(3)39(35,36)29-16-10-9-15-27(29)37-4/h5-16,21-22,28,33H,17-20H2,1-4H3/t21-,22+,28-/m0/s1. The number of amides is 1. The van der Waals surface area contributed by atoms with Gasteiger partial charge in [0, 0.05) is 31.6 Å². The van der Waals surface area contributed by atoms with Crippen molar-refractivity contribution in [1.29, 1.82) is 0 Å². The van der Waals surface area contributed by atoms with Gasteiger partial charge in [0.2, 0.25) is 10.0 Å². The second-order valence-electron chi connectivity index (χ2n) is 9.95. The summed E-state index contributed by atoms with van der Waals surface area (Å²) in [6.45, 7) is 4.12. The molecule has 0 aromatic heterocycles.